The number of pyridine rings is 1. The van der Waals surface area contributed by atoms with Crippen LogP contribution in [0.3, 0.4) is 0 Å². The molecule has 1 aromatic carbocycles. The second-order valence-corrected chi connectivity index (χ2v) is 4.82. The fourth-order valence-corrected chi connectivity index (χ4v) is 2.37. The standard InChI is InChI=1S/C14H7Cl2NO2/c15-9-4-10-12(18)6-13(8-2-1-3-17-7-8)19-14(10)11(16)5-9/h1-7H. The molecule has 2 heterocycles. The Kier molecular flexibility index (Phi) is 3.01. The molecule has 0 bridgehead atoms. The first-order valence-corrected chi connectivity index (χ1v) is 6.24. The Morgan fingerprint density at radius 1 is 1.16 bits per heavy atom. The van der Waals surface area contributed by atoms with E-state index in [1.807, 2.05) is 0 Å². The van der Waals surface area contributed by atoms with Gasteiger partial charge in [0.05, 0.1) is 10.4 Å². The normalized spacial score (nSPS) is 10.8. The first kappa shape index (κ1) is 12.2. The van der Waals surface area contributed by atoms with Gasteiger partial charge in [0.15, 0.2) is 11.0 Å². The molecule has 0 N–H and O–H groups in total. The first-order valence-electron chi connectivity index (χ1n) is 5.48. The Labute approximate surface area is 118 Å². The summed E-state index contributed by atoms with van der Waals surface area (Å²) in [6.45, 7) is 0. The predicted molar refractivity (Wildman–Crippen MR) is 75.7 cm³/mol. The zero-order valence-corrected chi connectivity index (χ0v) is 11.1. The van der Waals surface area contributed by atoms with E-state index in [0.717, 1.165) is 0 Å². The average Bonchev–Trinajstić information content (AvgIpc) is 2.41. The van der Waals surface area contributed by atoms with Crippen molar-refractivity contribution in [2.24, 2.45) is 0 Å². The molecule has 0 aliphatic carbocycles. The number of rotatable bonds is 1. The molecule has 0 saturated heterocycles. The van der Waals surface area contributed by atoms with Crippen LogP contribution in [0.5, 0.6) is 0 Å². The molecule has 0 spiro atoms. The largest absolute Gasteiger partial charge is 0.454 e. The Hall–Kier alpha value is -1.84. The summed E-state index contributed by atoms with van der Waals surface area (Å²) in [5, 5.41) is 1.08. The number of benzene rings is 1. The molecule has 3 nitrogen and oxygen atoms in total. The Morgan fingerprint density at radius 2 is 2.00 bits per heavy atom. The van der Waals surface area contributed by atoms with Gasteiger partial charge in [-0.15, -0.1) is 0 Å². The van der Waals surface area contributed by atoms with Crippen LogP contribution in [-0.2, 0) is 0 Å². The van der Waals surface area contributed by atoms with E-state index in [4.69, 9.17) is 27.6 Å². The van der Waals surface area contributed by atoms with E-state index in [-0.39, 0.29) is 5.43 Å². The fourth-order valence-electron chi connectivity index (χ4n) is 1.83. The Morgan fingerprint density at radius 3 is 2.74 bits per heavy atom. The van der Waals surface area contributed by atoms with Gasteiger partial charge in [0.25, 0.3) is 0 Å². The molecule has 3 rings (SSSR count). The number of nitrogens with zero attached hydrogens (tertiary/aromatic N) is 1. The second kappa shape index (κ2) is 4.68. The molecule has 0 radical (unpaired) electrons. The molecule has 0 aliphatic rings. The highest BCUT2D eigenvalue weighted by Crippen LogP contribution is 2.29. The lowest BCUT2D eigenvalue weighted by atomic mass is 10.1. The smallest absolute Gasteiger partial charge is 0.193 e. The molecule has 94 valence electrons. The van der Waals surface area contributed by atoms with Crippen molar-refractivity contribution in [3.8, 4) is 11.3 Å². The van der Waals surface area contributed by atoms with Gasteiger partial charge in [-0.05, 0) is 24.3 Å². The highest BCUT2D eigenvalue weighted by Gasteiger charge is 2.11. The van der Waals surface area contributed by atoms with Crippen LogP contribution in [0.25, 0.3) is 22.3 Å². The highest BCUT2D eigenvalue weighted by atomic mass is 35.5. The summed E-state index contributed by atoms with van der Waals surface area (Å²) in [5.41, 5.74) is 0.856. The van der Waals surface area contributed by atoms with E-state index in [0.29, 0.717) is 32.3 Å². The molecular formula is C14H7Cl2NO2. The van der Waals surface area contributed by atoms with Gasteiger partial charge >= 0.3 is 0 Å². The van der Waals surface area contributed by atoms with Gasteiger partial charge in [0, 0.05) is 29.0 Å². The maximum absolute atomic E-state index is 12.1. The van der Waals surface area contributed by atoms with Crippen molar-refractivity contribution >= 4 is 34.2 Å². The third-order valence-corrected chi connectivity index (χ3v) is 3.19. The molecule has 0 unspecified atom stereocenters. The lowest BCUT2D eigenvalue weighted by Gasteiger charge is -2.04. The zero-order valence-electron chi connectivity index (χ0n) is 9.56. The van der Waals surface area contributed by atoms with Crippen LogP contribution in [0.15, 0.2) is 51.9 Å². The predicted octanol–water partition coefficient (Wildman–Crippen LogP) is 4.16. The summed E-state index contributed by atoms with van der Waals surface area (Å²) in [4.78, 5) is 16.1. The zero-order chi connectivity index (χ0) is 13.4. The molecule has 0 aliphatic heterocycles. The maximum atomic E-state index is 12.1. The van der Waals surface area contributed by atoms with Crippen LogP contribution in [-0.4, -0.2) is 4.98 Å². The fraction of sp³-hybridized carbons (Fsp3) is 0. The van der Waals surface area contributed by atoms with E-state index in [2.05, 4.69) is 4.98 Å². The lowest BCUT2D eigenvalue weighted by Crippen LogP contribution is -2.00. The quantitative estimate of drug-likeness (QED) is 0.676. The Bertz CT molecular complexity index is 813. The van der Waals surface area contributed by atoms with E-state index < -0.39 is 0 Å². The van der Waals surface area contributed by atoms with Gasteiger partial charge in [-0.25, -0.2) is 0 Å². The van der Waals surface area contributed by atoms with Crippen LogP contribution in [0, 0.1) is 0 Å². The van der Waals surface area contributed by atoms with E-state index in [9.17, 15) is 4.79 Å². The monoisotopic (exact) mass is 291 g/mol. The third kappa shape index (κ3) is 2.23. The van der Waals surface area contributed by atoms with Crippen molar-refractivity contribution in [3.63, 3.8) is 0 Å². The summed E-state index contributed by atoms with van der Waals surface area (Å²) in [5.74, 6) is 0.426. The molecule has 0 fully saturated rings. The van der Waals surface area contributed by atoms with Crippen LogP contribution < -0.4 is 5.43 Å². The lowest BCUT2D eigenvalue weighted by molar-refractivity contribution is 0.618. The average molecular weight is 292 g/mol. The van der Waals surface area contributed by atoms with Gasteiger partial charge in [-0.2, -0.15) is 0 Å². The minimum absolute atomic E-state index is 0.190. The van der Waals surface area contributed by atoms with Crippen molar-refractivity contribution in [1.29, 1.82) is 0 Å². The minimum Gasteiger partial charge on any atom is -0.454 e. The molecular weight excluding hydrogens is 285 g/mol. The van der Waals surface area contributed by atoms with Crippen LogP contribution in [0.1, 0.15) is 0 Å². The maximum Gasteiger partial charge on any atom is 0.193 e. The van der Waals surface area contributed by atoms with Gasteiger partial charge in [-0.1, -0.05) is 23.2 Å². The Balaban J connectivity index is 2.34. The van der Waals surface area contributed by atoms with Crippen molar-refractivity contribution < 1.29 is 4.42 Å². The molecule has 0 atom stereocenters. The van der Waals surface area contributed by atoms with E-state index in [1.165, 1.54) is 6.07 Å². The van der Waals surface area contributed by atoms with Crippen LogP contribution in [0.4, 0.5) is 0 Å². The molecule has 3 aromatic rings. The topological polar surface area (TPSA) is 43.1 Å². The second-order valence-electron chi connectivity index (χ2n) is 3.98. The van der Waals surface area contributed by atoms with E-state index >= 15 is 0 Å². The summed E-state index contributed by atoms with van der Waals surface area (Å²) in [6, 6.07) is 8.07. The highest BCUT2D eigenvalue weighted by molar-refractivity contribution is 6.38. The van der Waals surface area contributed by atoms with Crippen LogP contribution >= 0.6 is 23.2 Å². The van der Waals surface area contributed by atoms with Crippen molar-refractivity contribution in [3.05, 3.63) is 63.0 Å². The van der Waals surface area contributed by atoms with Crippen molar-refractivity contribution in [1.82, 2.24) is 4.98 Å². The minimum atomic E-state index is -0.190. The van der Waals surface area contributed by atoms with Gasteiger partial charge in [-0.3, -0.25) is 9.78 Å². The number of fused-ring (bicyclic) bond motifs is 1. The first-order chi connectivity index (χ1) is 9.15. The molecule has 0 saturated carbocycles. The summed E-state index contributed by atoms with van der Waals surface area (Å²) < 4.78 is 5.68. The number of hydrogen-bond donors (Lipinski definition) is 0. The van der Waals surface area contributed by atoms with Crippen LogP contribution in [0.2, 0.25) is 10.0 Å². The van der Waals surface area contributed by atoms with Gasteiger partial charge in [0.2, 0.25) is 0 Å². The molecule has 5 heteroatoms. The number of aromatic nitrogens is 1. The number of hydrogen-bond acceptors (Lipinski definition) is 3. The summed E-state index contributed by atoms with van der Waals surface area (Å²) >= 11 is 11.9. The summed E-state index contributed by atoms with van der Waals surface area (Å²) in [6.07, 6.45) is 3.27. The van der Waals surface area contributed by atoms with Gasteiger partial charge in [0.1, 0.15) is 5.76 Å². The molecule has 19 heavy (non-hydrogen) atoms. The van der Waals surface area contributed by atoms with Crippen molar-refractivity contribution in [2.45, 2.75) is 0 Å². The molecule has 2 aromatic heterocycles. The molecule has 0 amide bonds. The summed E-state index contributed by atoms with van der Waals surface area (Å²) in [7, 11) is 0. The van der Waals surface area contributed by atoms with Crippen molar-refractivity contribution in [2.75, 3.05) is 0 Å². The van der Waals surface area contributed by atoms with E-state index in [1.54, 1.807) is 36.7 Å². The van der Waals surface area contributed by atoms with Gasteiger partial charge < -0.3 is 4.42 Å². The number of halogens is 2. The SMILES string of the molecule is O=c1cc(-c2cccnc2)oc2c(Cl)cc(Cl)cc12. The third-order valence-electron chi connectivity index (χ3n) is 2.69.